The number of rotatable bonds is 5. The molecule has 0 saturated heterocycles. The van der Waals surface area contributed by atoms with Crippen LogP contribution in [-0.2, 0) is 6.54 Å². The Kier molecular flexibility index (Phi) is 4.19. The number of hydrogen-bond donors (Lipinski definition) is 2. The van der Waals surface area contributed by atoms with Gasteiger partial charge in [-0.15, -0.1) is 11.3 Å². The molecule has 2 heterocycles. The second-order valence-corrected chi connectivity index (χ2v) is 6.64. The smallest absolute Gasteiger partial charge is 0.188 e. The fourth-order valence-electron chi connectivity index (χ4n) is 1.54. The molecule has 0 amide bonds. The molecule has 0 saturated carbocycles. The number of aromatic nitrogens is 4. The molecule has 102 valence electrons. The van der Waals surface area contributed by atoms with Crippen LogP contribution < -0.4 is 5.32 Å². The van der Waals surface area contributed by atoms with Crippen molar-refractivity contribution >= 4 is 40.4 Å². The molecule has 0 atom stereocenters. The summed E-state index contributed by atoms with van der Waals surface area (Å²) in [7, 11) is 0. The lowest BCUT2D eigenvalue weighted by Gasteiger charge is -2.05. The molecule has 0 fully saturated rings. The van der Waals surface area contributed by atoms with Gasteiger partial charge in [0.25, 0.3) is 0 Å². The molecule has 3 rings (SSSR count). The van der Waals surface area contributed by atoms with E-state index in [1.54, 1.807) is 6.20 Å². The summed E-state index contributed by atoms with van der Waals surface area (Å²) in [4.78, 5) is 9.37. The Morgan fingerprint density at radius 3 is 2.75 bits per heavy atom. The zero-order valence-corrected chi connectivity index (χ0v) is 12.6. The lowest BCUT2D eigenvalue weighted by Crippen LogP contribution is -1.98. The summed E-state index contributed by atoms with van der Waals surface area (Å²) < 4.78 is 0.709. The number of H-pyrrole nitrogens is 1. The van der Waals surface area contributed by atoms with Gasteiger partial charge in [-0.25, -0.2) is 9.97 Å². The second kappa shape index (κ2) is 6.25. The highest BCUT2D eigenvalue weighted by atomic mass is 35.5. The third-order valence-corrected chi connectivity index (χ3v) is 4.44. The van der Waals surface area contributed by atoms with E-state index in [0.717, 1.165) is 20.7 Å². The van der Waals surface area contributed by atoms with Crippen molar-refractivity contribution in [3.05, 3.63) is 46.1 Å². The summed E-state index contributed by atoms with van der Waals surface area (Å²) in [5.41, 5.74) is 1.04. The number of nitrogens with one attached hydrogen (secondary N) is 2. The average molecular weight is 324 g/mol. The van der Waals surface area contributed by atoms with Gasteiger partial charge in [0.1, 0.15) is 15.7 Å². The number of benzene rings is 1. The van der Waals surface area contributed by atoms with Gasteiger partial charge in [0.2, 0.25) is 0 Å². The summed E-state index contributed by atoms with van der Waals surface area (Å²) in [5, 5.41) is 11.7. The van der Waals surface area contributed by atoms with E-state index in [-0.39, 0.29) is 0 Å². The first-order chi connectivity index (χ1) is 9.79. The van der Waals surface area contributed by atoms with Crippen molar-refractivity contribution in [1.82, 2.24) is 20.2 Å². The van der Waals surface area contributed by atoms with Gasteiger partial charge in [-0.1, -0.05) is 23.4 Å². The third kappa shape index (κ3) is 3.50. The molecule has 2 N–H and O–H groups in total. The van der Waals surface area contributed by atoms with E-state index in [4.69, 9.17) is 11.6 Å². The minimum atomic E-state index is 0.673. The number of thiazole rings is 1. The van der Waals surface area contributed by atoms with E-state index in [2.05, 4.69) is 25.5 Å². The predicted molar refractivity (Wildman–Crippen MR) is 81.4 cm³/mol. The monoisotopic (exact) mass is 323 g/mol. The molecule has 0 radical (unpaired) electrons. The van der Waals surface area contributed by atoms with Crippen LogP contribution in [0.15, 0.2) is 46.8 Å². The lowest BCUT2D eigenvalue weighted by atomic mass is 10.3. The van der Waals surface area contributed by atoms with Gasteiger partial charge >= 0.3 is 0 Å². The first-order valence-corrected chi connectivity index (χ1v) is 7.78. The van der Waals surface area contributed by atoms with Crippen LogP contribution in [0.1, 0.15) is 5.01 Å². The normalized spacial score (nSPS) is 10.7. The summed E-state index contributed by atoms with van der Waals surface area (Å²) in [6.07, 6.45) is 3.16. The molecule has 3 aromatic rings. The van der Waals surface area contributed by atoms with Gasteiger partial charge < -0.3 is 5.32 Å². The number of aromatic amines is 1. The Balaban J connectivity index is 1.58. The molecule has 5 nitrogen and oxygen atoms in total. The average Bonchev–Trinajstić information content (AvgIpc) is 3.10. The van der Waals surface area contributed by atoms with E-state index in [1.807, 2.05) is 24.3 Å². The minimum Gasteiger partial charge on any atom is -0.379 e. The Bertz CT molecular complexity index is 665. The Morgan fingerprint density at radius 2 is 2.10 bits per heavy atom. The molecule has 1 aromatic carbocycles. The first-order valence-electron chi connectivity index (χ1n) is 5.77. The van der Waals surface area contributed by atoms with Crippen LogP contribution in [-0.4, -0.2) is 20.2 Å². The quantitative estimate of drug-likeness (QED) is 0.749. The zero-order chi connectivity index (χ0) is 13.8. The van der Waals surface area contributed by atoms with Crippen molar-refractivity contribution in [3.8, 4) is 0 Å². The van der Waals surface area contributed by atoms with Crippen molar-refractivity contribution in [3.63, 3.8) is 0 Å². The van der Waals surface area contributed by atoms with Gasteiger partial charge in [-0.3, -0.25) is 5.10 Å². The Labute approximate surface area is 128 Å². The molecule has 0 spiro atoms. The van der Waals surface area contributed by atoms with Gasteiger partial charge in [-0.05, 0) is 24.3 Å². The molecular formula is C12H10ClN5S2. The van der Waals surface area contributed by atoms with Gasteiger partial charge in [-0.2, -0.15) is 5.10 Å². The maximum atomic E-state index is 5.84. The van der Waals surface area contributed by atoms with Crippen molar-refractivity contribution in [2.75, 3.05) is 5.32 Å². The predicted octanol–water partition coefficient (Wildman–Crippen LogP) is 3.68. The molecule has 0 aliphatic carbocycles. The van der Waals surface area contributed by atoms with E-state index < -0.39 is 0 Å². The molecule has 0 unspecified atom stereocenters. The first kappa shape index (κ1) is 13.4. The number of hydrogen-bond acceptors (Lipinski definition) is 6. The van der Waals surface area contributed by atoms with Crippen LogP contribution >= 0.6 is 34.7 Å². The topological polar surface area (TPSA) is 66.5 Å². The van der Waals surface area contributed by atoms with E-state index >= 15 is 0 Å². The number of anilines is 1. The highest BCUT2D eigenvalue weighted by Crippen LogP contribution is 2.25. The van der Waals surface area contributed by atoms with Crippen LogP contribution in [0.25, 0.3) is 0 Å². The zero-order valence-electron chi connectivity index (χ0n) is 10.2. The van der Waals surface area contributed by atoms with Crippen molar-refractivity contribution in [1.29, 1.82) is 0 Å². The third-order valence-electron chi connectivity index (χ3n) is 2.43. The number of halogens is 1. The summed E-state index contributed by atoms with van der Waals surface area (Å²) in [6.45, 7) is 0.673. The van der Waals surface area contributed by atoms with Crippen LogP contribution in [0, 0.1) is 0 Å². The van der Waals surface area contributed by atoms with E-state index in [0.29, 0.717) is 10.9 Å². The van der Waals surface area contributed by atoms with Crippen LogP contribution in [0.2, 0.25) is 4.34 Å². The minimum absolute atomic E-state index is 0.673. The summed E-state index contributed by atoms with van der Waals surface area (Å²) in [5.74, 6) is 0. The molecule has 8 heteroatoms. The maximum absolute atomic E-state index is 5.84. The summed E-state index contributed by atoms with van der Waals surface area (Å²) in [6, 6.07) is 8.11. The largest absolute Gasteiger partial charge is 0.379 e. The van der Waals surface area contributed by atoms with E-state index in [9.17, 15) is 0 Å². The second-order valence-electron chi connectivity index (χ2n) is 3.83. The van der Waals surface area contributed by atoms with Crippen LogP contribution in [0.5, 0.6) is 0 Å². The molecule has 20 heavy (non-hydrogen) atoms. The Morgan fingerprint density at radius 1 is 1.25 bits per heavy atom. The maximum Gasteiger partial charge on any atom is 0.188 e. The molecule has 0 aliphatic rings. The molecule has 0 bridgehead atoms. The highest BCUT2D eigenvalue weighted by Gasteiger charge is 2.02. The highest BCUT2D eigenvalue weighted by molar-refractivity contribution is 7.99. The molecule has 2 aromatic heterocycles. The summed E-state index contributed by atoms with van der Waals surface area (Å²) >= 11 is 8.86. The molecular weight excluding hydrogens is 314 g/mol. The fraction of sp³-hybridized carbons (Fsp3) is 0.0833. The van der Waals surface area contributed by atoms with Crippen molar-refractivity contribution in [2.24, 2.45) is 0 Å². The lowest BCUT2D eigenvalue weighted by molar-refractivity contribution is 0.973. The van der Waals surface area contributed by atoms with E-state index in [1.165, 1.54) is 29.4 Å². The number of nitrogens with zero attached hydrogens (tertiary/aromatic N) is 3. The van der Waals surface area contributed by atoms with Crippen LogP contribution in [0.3, 0.4) is 0 Å². The molecule has 0 aliphatic heterocycles. The van der Waals surface area contributed by atoms with Crippen LogP contribution in [0.4, 0.5) is 5.69 Å². The fourth-order valence-corrected chi connectivity index (χ4v) is 3.13. The van der Waals surface area contributed by atoms with Gasteiger partial charge in [0.15, 0.2) is 5.16 Å². The Hall–Kier alpha value is -1.57. The standard InChI is InChI=1S/C12H10ClN5S2/c13-10-5-15-11(20-10)6-14-8-1-3-9(4-2-8)19-12-16-7-17-18-12/h1-5,7,14H,6H2,(H,16,17,18). The van der Waals surface area contributed by atoms with Gasteiger partial charge in [0, 0.05) is 10.6 Å². The van der Waals surface area contributed by atoms with Crippen molar-refractivity contribution < 1.29 is 0 Å². The van der Waals surface area contributed by atoms with Gasteiger partial charge in [0.05, 0.1) is 12.7 Å². The SMILES string of the molecule is Clc1cnc(CNc2ccc(Sc3ncn[nH]3)cc2)s1. The van der Waals surface area contributed by atoms with Crippen molar-refractivity contribution in [2.45, 2.75) is 16.6 Å².